The van der Waals surface area contributed by atoms with Crippen LogP contribution in [0, 0.1) is 0 Å². The SMILES string of the molecule is CC(/C=C/c1ccco1)=N\NC(=O)COc1ccc(Cl)cc1Cl. The van der Waals surface area contributed by atoms with E-state index < -0.39 is 5.91 Å². The number of nitrogens with one attached hydrogen (secondary N) is 1. The summed E-state index contributed by atoms with van der Waals surface area (Å²) in [6.07, 6.45) is 5.04. The number of nitrogens with zero attached hydrogens (tertiary/aromatic N) is 1. The van der Waals surface area contributed by atoms with E-state index in [0.29, 0.717) is 27.3 Å². The molecular formula is C16H14Cl2N2O3. The standard InChI is InChI=1S/C16H14Cl2N2O3/c1-11(4-6-13-3-2-8-22-13)19-20-16(21)10-23-15-7-5-12(17)9-14(15)18/h2-9H,10H2,1H3,(H,20,21)/b6-4+,19-11+. The number of carbonyl (C=O) groups excluding carboxylic acids is 1. The molecule has 0 aliphatic rings. The van der Waals surface area contributed by atoms with Crippen LogP contribution in [0.4, 0.5) is 0 Å². The Hall–Kier alpha value is -2.24. The molecule has 23 heavy (non-hydrogen) atoms. The first-order valence-electron chi connectivity index (χ1n) is 6.67. The highest BCUT2D eigenvalue weighted by Crippen LogP contribution is 2.27. The van der Waals surface area contributed by atoms with Crippen molar-refractivity contribution in [3.63, 3.8) is 0 Å². The van der Waals surface area contributed by atoms with Gasteiger partial charge < -0.3 is 9.15 Å². The van der Waals surface area contributed by atoms with Crippen molar-refractivity contribution in [1.29, 1.82) is 0 Å². The van der Waals surface area contributed by atoms with E-state index in [-0.39, 0.29) is 6.61 Å². The zero-order valence-electron chi connectivity index (χ0n) is 12.3. The lowest BCUT2D eigenvalue weighted by Crippen LogP contribution is -2.25. The summed E-state index contributed by atoms with van der Waals surface area (Å²) in [5.41, 5.74) is 3.00. The number of halogens is 2. The summed E-state index contributed by atoms with van der Waals surface area (Å²) in [7, 11) is 0. The van der Waals surface area contributed by atoms with Gasteiger partial charge in [0.05, 0.1) is 17.0 Å². The van der Waals surface area contributed by atoms with E-state index in [0.717, 1.165) is 0 Å². The fraction of sp³-hybridized carbons (Fsp3) is 0.125. The van der Waals surface area contributed by atoms with Crippen LogP contribution in [0.25, 0.3) is 6.08 Å². The minimum absolute atomic E-state index is 0.208. The molecule has 120 valence electrons. The number of hydrogen-bond donors (Lipinski definition) is 1. The van der Waals surface area contributed by atoms with E-state index in [1.54, 1.807) is 43.5 Å². The summed E-state index contributed by atoms with van der Waals surface area (Å²) in [5, 5.41) is 4.76. The van der Waals surface area contributed by atoms with Crippen LogP contribution in [0.1, 0.15) is 12.7 Å². The van der Waals surface area contributed by atoms with Gasteiger partial charge in [0, 0.05) is 5.02 Å². The molecule has 1 heterocycles. The monoisotopic (exact) mass is 352 g/mol. The number of amides is 1. The molecule has 2 aromatic rings. The maximum atomic E-state index is 11.7. The van der Waals surface area contributed by atoms with E-state index in [2.05, 4.69) is 10.5 Å². The average Bonchev–Trinajstić information content (AvgIpc) is 3.03. The van der Waals surface area contributed by atoms with Crippen molar-refractivity contribution in [3.8, 4) is 5.75 Å². The predicted molar refractivity (Wildman–Crippen MR) is 91.0 cm³/mol. The molecule has 5 nitrogen and oxygen atoms in total. The predicted octanol–water partition coefficient (Wildman–Crippen LogP) is 4.17. The normalized spacial score (nSPS) is 11.7. The Bertz CT molecular complexity index is 725. The van der Waals surface area contributed by atoms with E-state index in [1.165, 1.54) is 6.07 Å². The van der Waals surface area contributed by atoms with Crippen LogP contribution in [0.3, 0.4) is 0 Å². The van der Waals surface area contributed by atoms with Crippen LogP contribution in [0.5, 0.6) is 5.75 Å². The first-order chi connectivity index (χ1) is 11.0. The molecule has 7 heteroatoms. The second kappa shape index (κ2) is 8.41. The number of hydrogen-bond acceptors (Lipinski definition) is 4. The number of ether oxygens (including phenoxy) is 1. The first kappa shape index (κ1) is 17.1. The van der Waals surface area contributed by atoms with Crippen LogP contribution in [-0.2, 0) is 4.79 Å². The van der Waals surface area contributed by atoms with E-state index in [9.17, 15) is 4.79 Å². The maximum Gasteiger partial charge on any atom is 0.277 e. The Kier molecular flexibility index (Phi) is 6.26. The topological polar surface area (TPSA) is 63.8 Å². The first-order valence-corrected chi connectivity index (χ1v) is 7.43. The second-order valence-electron chi connectivity index (χ2n) is 4.50. The molecule has 0 radical (unpaired) electrons. The molecule has 0 unspecified atom stereocenters. The maximum absolute atomic E-state index is 11.7. The van der Waals surface area contributed by atoms with Crippen molar-refractivity contribution in [1.82, 2.24) is 5.43 Å². The van der Waals surface area contributed by atoms with Crippen molar-refractivity contribution >= 4 is 40.9 Å². The van der Waals surface area contributed by atoms with Crippen molar-refractivity contribution in [2.75, 3.05) is 6.61 Å². The number of carbonyl (C=O) groups is 1. The highest BCUT2D eigenvalue weighted by molar-refractivity contribution is 6.35. The van der Waals surface area contributed by atoms with Crippen LogP contribution < -0.4 is 10.2 Å². The molecule has 0 spiro atoms. The number of benzene rings is 1. The lowest BCUT2D eigenvalue weighted by molar-refractivity contribution is -0.123. The Morgan fingerprint density at radius 3 is 2.91 bits per heavy atom. The summed E-state index contributed by atoms with van der Waals surface area (Å²) < 4.78 is 10.4. The summed E-state index contributed by atoms with van der Waals surface area (Å²) >= 11 is 11.7. The minimum atomic E-state index is -0.401. The van der Waals surface area contributed by atoms with Crippen LogP contribution in [0.2, 0.25) is 10.0 Å². The number of allylic oxidation sites excluding steroid dienone is 1. The molecule has 1 aromatic carbocycles. The number of furan rings is 1. The third-order valence-corrected chi connectivity index (χ3v) is 3.17. The number of hydrazone groups is 1. The molecule has 0 aliphatic carbocycles. The van der Waals surface area contributed by atoms with Crippen molar-refractivity contribution in [2.45, 2.75) is 6.92 Å². The molecule has 1 amide bonds. The summed E-state index contributed by atoms with van der Waals surface area (Å²) in [5.74, 6) is 0.679. The lowest BCUT2D eigenvalue weighted by atomic mass is 10.3. The summed E-state index contributed by atoms with van der Waals surface area (Å²) in [4.78, 5) is 11.7. The van der Waals surface area contributed by atoms with E-state index in [1.807, 2.05) is 6.07 Å². The Morgan fingerprint density at radius 1 is 1.39 bits per heavy atom. The third-order valence-electron chi connectivity index (χ3n) is 2.64. The van der Waals surface area contributed by atoms with E-state index in [4.69, 9.17) is 32.4 Å². The average molecular weight is 353 g/mol. The largest absolute Gasteiger partial charge is 0.482 e. The van der Waals surface area contributed by atoms with Gasteiger partial charge in [-0.3, -0.25) is 4.79 Å². The molecule has 0 saturated carbocycles. The molecule has 1 aromatic heterocycles. The van der Waals surface area contributed by atoms with Crippen molar-refractivity contribution in [2.24, 2.45) is 5.10 Å². The summed E-state index contributed by atoms with van der Waals surface area (Å²) in [6, 6.07) is 8.36. The van der Waals surface area contributed by atoms with E-state index >= 15 is 0 Å². The van der Waals surface area contributed by atoms with Gasteiger partial charge in [0.2, 0.25) is 0 Å². The van der Waals surface area contributed by atoms with Gasteiger partial charge in [-0.1, -0.05) is 23.2 Å². The fourth-order valence-corrected chi connectivity index (χ4v) is 2.01. The quantitative estimate of drug-likeness (QED) is 0.626. The van der Waals surface area contributed by atoms with Gasteiger partial charge in [-0.2, -0.15) is 5.10 Å². The third kappa shape index (κ3) is 5.81. The van der Waals surface area contributed by atoms with Gasteiger partial charge in [-0.05, 0) is 49.4 Å². The molecular weight excluding hydrogens is 339 g/mol. The number of rotatable bonds is 6. The highest BCUT2D eigenvalue weighted by Gasteiger charge is 2.05. The van der Waals surface area contributed by atoms with Gasteiger partial charge in [-0.15, -0.1) is 0 Å². The molecule has 0 fully saturated rings. The van der Waals surface area contributed by atoms with Gasteiger partial charge >= 0.3 is 0 Å². The fourth-order valence-electron chi connectivity index (χ4n) is 1.54. The molecule has 0 atom stereocenters. The molecule has 0 saturated heterocycles. The second-order valence-corrected chi connectivity index (χ2v) is 5.34. The van der Waals surface area contributed by atoms with Gasteiger partial charge in [0.15, 0.2) is 6.61 Å². The van der Waals surface area contributed by atoms with Crippen LogP contribution in [-0.4, -0.2) is 18.2 Å². The Labute approximate surface area is 143 Å². The minimum Gasteiger partial charge on any atom is -0.482 e. The Morgan fingerprint density at radius 2 is 2.22 bits per heavy atom. The zero-order chi connectivity index (χ0) is 16.7. The van der Waals surface area contributed by atoms with Gasteiger partial charge in [0.25, 0.3) is 5.91 Å². The van der Waals surface area contributed by atoms with Gasteiger partial charge in [0.1, 0.15) is 11.5 Å². The zero-order valence-corrected chi connectivity index (χ0v) is 13.8. The van der Waals surface area contributed by atoms with Crippen molar-refractivity contribution < 1.29 is 13.9 Å². The lowest BCUT2D eigenvalue weighted by Gasteiger charge is -2.07. The molecule has 1 N–H and O–H groups in total. The smallest absolute Gasteiger partial charge is 0.277 e. The Balaban J connectivity index is 1.81. The van der Waals surface area contributed by atoms with Crippen LogP contribution in [0.15, 0.2) is 52.2 Å². The molecule has 0 aliphatic heterocycles. The van der Waals surface area contributed by atoms with Crippen molar-refractivity contribution in [3.05, 3.63) is 58.5 Å². The summed E-state index contributed by atoms with van der Waals surface area (Å²) in [6.45, 7) is 1.54. The van der Waals surface area contributed by atoms with Gasteiger partial charge in [-0.25, -0.2) is 5.43 Å². The molecule has 2 rings (SSSR count). The molecule has 0 bridgehead atoms. The highest BCUT2D eigenvalue weighted by atomic mass is 35.5. The van der Waals surface area contributed by atoms with Crippen LogP contribution >= 0.6 is 23.2 Å².